The Morgan fingerprint density at radius 1 is 1.36 bits per heavy atom. The Morgan fingerprint density at radius 3 is 3.00 bits per heavy atom. The lowest BCUT2D eigenvalue weighted by atomic mass is 10.3. The topological polar surface area (TPSA) is 84.4 Å². The molecule has 1 saturated carbocycles. The highest BCUT2D eigenvalue weighted by atomic mass is 32.1. The second-order valence-electron chi connectivity index (χ2n) is 6.20. The maximum atomic E-state index is 12.0. The third kappa shape index (κ3) is 3.79. The van der Waals surface area contributed by atoms with Crippen molar-refractivity contribution < 1.29 is 14.3 Å². The van der Waals surface area contributed by atoms with E-state index in [0.29, 0.717) is 23.2 Å². The van der Waals surface area contributed by atoms with Gasteiger partial charge in [-0.25, -0.2) is 0 Å². The SMILES string of the molecule is O=C(COc1cccc(N2CCCC2=O)c1)Nc1nnc(C2CC2)s1. The Hall–Kier alpha value is -2.48. The summed E-state index contributed by atoms with van der Waals surface area (Å²) in [6.45, 7) is 0.610. The van der Waals surface area contributed by atoms with Gasteiger partial charge in [0.15, 0.2) is 6.61 Å². The summed E-state index contributed by atoms with van der Waals surface area (Å²) >= 11 is 1.42. The average Bonchev–Trinajstić information content (AvgIpc) is 3.21. The van der Waals surface area contributed by atoms with E-state index in [9.17, 15) is 9.59 Å². The molecule has 2 heterocycles. The van der Waals surface area contributed by atoms with Crippen LogP contribution in [0.15, 0.2) is 24.3 Å². The molecule has 2 aromatic rings. The zero-order valence-corrected chi connectivity index (χ0v) is 14.4. The van der Waals surface area contributed by atoms with Gasteiger partial charge in [-0.1, -0.05) is 17.4 Å². The van der Waals surface area contributed by atoms with Gasteiger partial charge < -0.3 is 9.64 Å². The van der Waals surface area contributed by atoms with Crippen LogP contribution in [0.3, 0.4) is 0 Å². The van der Waals surface area contributed by atoms with Crippen LogP contribution in [-0.4, -0.2) is 35.2 Å². The number of hydrogen-bond donors (Lipinski definition) is 1. The summed E-state index contributed by atoms with van der Waals surface area (Å²) in [6, 6.07) is 7.25. The summed E-state index contributed by atoms with van der Waals surface area (Å²) in [5.41, 5.74) is 0.804. The van der Waals surface area contributed by atoms with E-state index in [2.05, 4.69) is 15.5 Å². The molecule has 4 rings (SSSR count). The van der Waals surface area contributed by atoms with Crippen LogP contribution < -0.4 is 15.0 Å². The Kier molecular flexibility index (Phi) is 4.35. The molecule has 0 spiro atoms. The first kappa shape index (κ1) is 16.0. The predicted octanol–water partition coefficient (Wildman–Crippen LogP) is 2.56. The van der Waals surface area contributed by atoms with Gasteiger partial charge in [0.2, 0.25) is 11.0 Å². The molecule has 25 heavy (non-hydrogen) atoms. The van der Waals surface area contributed by atoms with E-state index >= 15 is 0 Å². The molecule has 130 valence electrons. The number of hydrogen-bond acceptors (Lipinski definition) is 6. The van der Waals surface area contributed by atoms with Gasteiger partial charge in [-0.2, -0.15) is 0 Å². The van der Waals surface area contributed by atoms with Gasteiger partial charge in [0.25, 0.3) is 5.91 Å². The van der Waals surface area contributed by atoms with Crippen LogP contribution in [0.4, 0.5) is 10.8 Å². The number of anilines is 2. The van der Waals surface area contributed by atoms with Crippen LogP contribution >= 0.6 is 11.3 Å². The monoisotopic (exact) mass is 358 g/mol. The molecule has 1 aliphatic heterocycles. The molecule has 1 aromatic carbocycles. The fourth-order valence-electron chi connectivity index (χ4n) is 2.75. The number of ether oxygens (including phenoxy) is 1. The Morgan fingerprint density at radius 2 is 2.24 bits per heavy atom. The van der Waals surface area contributed by atoms with Crippen molar-refractivity contribution in [1.29, 1.82) is 0 Å². The number of nitrogens with zero attached hydrogens (tertiary/aromatic N) is 3. The Bertz CT molecular complexity index is 803. The summed E-state index contributed by atoms with van der Waals surface area (Å²) in [5, 5.41) is 12.3. The molecular formula is C17H18N4O3S. The lowest BCUT2D eigenvalue weighted by Crippen LogP contribution is -2.24. The lowest BCUT2D eigenvalue weighted by molar-refractivity contribution is -0.118. The van der Waals surface area contributed by atoms with Crippen molar-refractivity contribution >= 4 is 34.0 Å². The molecule has 0 bridgehead atoms. The van der Waals surface area contributed by atoms with Gasteiger partial charge in [-0.3, -0.25) is 14.9 Å². The van der Waals surface area contributed by atoms with Gasteiger partial charge in [0.1, 0.15) is 10.8 Å². The number of carbonyl (C=O) groups excluding carboxylic acids is 2. The first-order valence-electron chi connectivity index (χ1n) is 8.35. The minimum atomic E-state index is -0.277. The fraction of sp³-hybridized carbons (Fsp3) is 0.412. The molecule has 7 nitrogen and oxygen atoms in total. The Labute approximate surface area is 149 Å². The zero-order valence-electron chi connectivity index (χ0n) is 13.6. The van der Waals surface area contributed by atoms with Crippen LogP contribution in [0.1, 0.15) is 36.6 Å². The summed E-state index contributed by atoms with van der Waals surface area (Å²) in [6.07, 6.45) is 3.76. The van der Waals surface area contributed by atoms with Gasteiger partial charge in [-0.15, -0.1) is 10.2 Å². The molecular weight excluding hydrogens is 340 g/mol. The molecule has 8 heteroatoms. The van der Waals surface area contributed by atoms with E-state index in [1.54, 1.807) is 17.0 Å². The van der Waals surface area contributed by atoms with Crippen LogP contribution in [0.25, 0.3) is 0 Å². The largest absolute Gasteiger partial charge is 0.484 e. The highest BCUT2D eigenvalue weighted by Crippen LogP contribution is 2.42. The van der Waals surface area contributed by atoms with Crippen LogP contribution in [0.5, 0.6) is 5.75 Å². The average molecular weight is 358 g/mol. The van der Waals surface area contributed by atoms with Gasteiger partial charge in [-0.05, 0) is 31.4 Å². The summed E-state index contributed by atoms with van der Waals surface area (Å²) < 4.78 is 5.55. The first-order valence-corrected chi connectivity index (χ1v) is 9.17. The van der Waals surface area contributed by atoms with Crippen LogP contribution in [0, 0.1) is 0 Å². The van der Waals surface area contributed by atoms with E-state index in [0.717, 1.165) is 36.5 Å². The first-order chi connectivity index (χ1) is 12.2. The van der Waals surface area contributed by atoms with E-state index in [1.165, 1.54) is 11.3 Å². The van der Waals surface area contributed by atoms with Crippen LogP contribution in [0.2, 0.25) is 0 Å². The summed E-state index contributed by atoms with van der Waals surface area (Å²) in [4.78, 5) is 25.6. The number of carbonyl (C=O) groups is 2. The maximum absolute atomic E-state index is 12.0. The van der Waals surface area contributed by atoms with Gasteiger partial charge in [0.05, 0.1) is 0 Å². The fourth-order valence-corrected chi connectivity index (χ4v) is 3.68. The van der Waals surface area contributed by atoms with E-state index in [1.807, 2.05) is 12.1 Å². The van der Waals surface area contributed by atoms with E-state index < -0.39 is 0 Å². The minimum Gasteiger partial charge on any atom is -0.484 e. The van der Waals surface area contributed by atoms with Crippen molar-refractivity contribution in [3.05, 3.63) is 29.3 Å². The molecule has 2 aliphatic rings. The van der Waals surface area contributed by atoms with Crippen LogP contribution in [-0.2, 0) is 9.59 Å². The minimum absolute atomic E-state index is 0.115. The lowest BCUT2D eigenvalue weighted by Gasteiger charge is -2.16. The van der Waals surface area contributed by atoms with Crippen molar-refractivity contribution in [3.8, 4) is 5.75 Å². The van der Waals surface area contributed by atoms with Crippen molar-refractivity contribution in [1.82, 2.24) is 10.2 Å². The second-order valence-corrected chi connectivity index (χ2v) is 7.21. The number of nitrogens with one attached hydrogen (secondary N) is 1. The molecule has 0 atom stereocenters. The molecule has 0 unspecified atom stereocenters. The molecule has 1 aliphatic carbocycles. The van der Waals surface area contributed by atoms with E-state index in [-0.39, 0.29) is 18.4 Å². The zero-order chi connectivity index (χ0) is 17.2. The number of benzene rings is 1. The normalized spacial score (nSPS) is 17.0. The highest BCUT2D eigenvalue weighted by molar-refractivity contribution is 7.15. The second kappa shape index (κ2) is 6.79. The molecule has 1 saturated heterocycles. The number of amides is 2. The molecule has 0 radical (unpaired) electrons. The number of rotatable bonds is 6. The van der Waals surface area contributed by atoms with Crippen molar-refractivity contribution in [2.24, 2.45) is 0 Å². The molecule has 1 aromatic heterocycles. The molecule has 2 fully saturated rings. The highest BCUT2D eigenvalue weighted by Gasteiger charge is 2.27. The van der Waals surface area contributed by atoms with Crippen molar-refractivity contribution in [2.75, 3.05) is 23.4 Å². The summed E-state index contributed by atoms with van der Waals surface area (Å²) in [7, 11) is 0. The quantitative estimate of drug-likeness (QED) is 0.858. The van der Waals surface area contributed by atoms with Crippen molar-refractivity contribution in [2.45, 2.75) is 31.6 Å². The van der Waals surface area contributed by atoms with Crippen molar-refractivity contribution in [3.63, 3.8) is 0 Å². The predicted molar refractivity (Wildman–Crippen MR) is 94.0 cm³/mol. The third-order valence-electron chi connectivity index (χ3n) is 4.19. The molecule has 2 amide bonds. The Balaban J connectivity index is 1.32. The maximum Gasteiger partial charge on any atom is 0.264 e. The van der Waals surface area contributed by atoms with Gasteiger partial charge >= 0.3 is 0 Å². The number of aromatic nitrogens is 2. The standard InChI is InChI=1S/C17H18N4O3S/c22-14(18-17-20-19-16(25-17)11-6-7-11)10-24-13-4-1-3-12(9-13)21-8-2-5-15(21)23/h1,3-4,9,11H,2,5-8,10H2,(H,18,20,22). The smallest absolute Gasteiger partial charge is 0.264 e. The third-order valence-corrected chi connectivity index (χ3v) is 5.19. The van der Waals surface area contributed by atoms with Gasteiger partial charge in [0, 0.05) is 30.6 Å². The summed E-state index contributed by atoms with van der Waals surface area (Å²) in [5.74, 6) is 0.928. The molecule has 1 N–H and O–H groups in total. The van der Waals surface area contributed by atoms with E-state index in [4.69, 9.17) is 4.74 Å².